The Balaban J connectivity index is 0.000000187. The molecule has 4 aromatic heterocycles. The number of hydrogen-bond acceptors (Lipinski definition) is 13. The Bertz CT molecular complexity index is 2080. The third-order valence-electron chi connectivity index (χ3n) is 7.64. The van der Waals surface area contributed by atoms with Crippen molar-refractivity contribution in [3.05, 3.63) is 94.3 Å². The molecule has 1 aliphatic heterocycles. The van der Waals surface area contributed by atoms with Crippen molar-refractivity contribution in [2.45, 2.75) is 39.5 Å². The minimum Gasteiger partial charge on any atom is -0.444 e. The molecule has 50 heavy (non-hydrogen) atoms. The number of pyridine rings is 2. The molecule has 1 fully saturated rings. The van der Waals surface area contributed by atoms with E-state index >= 15 is 0 Å². The number of oxazole rings is 2. The molecule has 15 nitrogen and oxygen atoms in total. The summed E-state index contributed by atoms with van der Waals surface area (Å²) in [6.45, 7) is 8.91. The summed E-state index contributed by atoms with van der Waals surface area (Å²) in [5, 5.41) is 20.1. The molecule has 0 atom stereocenters. The summed E-state index contributed by atoms with van der Waals surface area (Å²) in [6, 6.07) is 17.2. The molecule has 7 rings (SSSR count). The Labute approximate surface area is 286 Å². The molecular weight excluding hydrogens is 644 g/mol. The number of piperazine rings is 1. The van der Waals surface area contributed by atoms with Crippen molar-refractivity contribution >= 4 is 39.9 Å². The number of nitro benzene ring substituents is 1. The zero-order chi connectivity index (χ0) is 35.4. The van der Waals surface area contributed by atoms with Gasteiger partial charge in [0.1, 0.15) is 5.60 Å². The summed E-state index contributed by atoms with van der Waals surface area (Å²) in [6.07, 6.45) is 3.02. The van der Waals surface area contributed by atoms with E-state index in [0.29, 0.717) is 58.3 Å². The molecule has 0 radical (unpaired) electrons. The lowest BCUT2D eigenvalue weighted by atomic mass is 10.1. The van der Waals surface area contributed by atoms with Gasteiger partial charge in [-0.25, -0.2) is 14.8 Å². The van der Waals surface area contributed by atoms with Crippen molar-refractivity contribution in [1.82, 2.24) is 29.7 Å². The number of aromatic nitrogens is 4. The van der Waals surface area contributed by atoms with Crippen LogP contribution in [-0.4, -0.2) is 77.6 Å². The smallest absolute Gasteiger partial charge is 0.410 e. The topological polar surface area (TPSA) is 200 Å². The summed E-state index contributed by atoms with van der Waals surface area (Å²) < 4.78 is 16.8. The van der Waals surface area contributed by atoms with Gasteiger partial charge in [-0.2, -0.15) is 9.97 Å². The first-order chi connectivity index (χ1) is 23.9. The molecule has 0 bridgehead atoms. The highest BCUT2D eigenvalue weighted by Crippen LogP contribution is 2.29. The number of fused-ring (bicyclic) bond motifs is 2. The second-order valence-electron chi connectivity index (χ2n) is 12.7. The number of carbonyl (C=O) groups is 1. The molecule has 1 aliphatic rings. The van der Waals surface area contributed by atoms with Crippen LogP contribution in [-0.2, 0) is 17.9 Å². The SMILES string of the molecule is CC(C)(C)OC(=O)N1CCN(Cc2cc(N)cc(-c3nc4ncccc4o3)c2)CC1.O=[N+]([O-])c1cc(CO)cc(-c2nc3ncccc3o2)c1. The van der Waals surface area contributed by atoms with Crippen molar-refractivity contribution in [3.8, 4) is 22.9 Å². The first kappa shape index (κ1) is 34.0. The van der Waals surface area contributed by atoms with Gasteiger partial charge in [-0.05, 0) is 80.4 Å². The van der Waals surface area contributed by atoms with Crippen molar-refractivity contribution in [2.24, 2.45) is 0 Å². The molecule has 1 amide bonds. The molecule has 3 N–H and O–H groups in total. The average Bonchev–Trinajstić information content (AvgIpc) is 3.73. The summed E-state index contributed by atoms with van der Waals surface area (Å²) in [5.74, 6) is 0.740. The van der Waals surface area contributed by atoms with Gasteiger partial charge in [-0.3, -0.25) is 15.0 Å². The molecule has 15 heteroatoms. The third-order valence-corrected chi connectivity index (χ3v) is 7.64. The highest BCUT2D eigenvalue weighted by Gasteiger charge is 2.26. The van der Waals surface area contributed by atoms with Gasteiger partial charge in [0.2, 0.25) is 11.8 Å². The van der Waals surface area contributed by atoms with Gasteiger partial charge >= 0.3 is 6.09 Å². The minimum absolute atomic E-state index is 0.123. The van der Waals surface area contributed by atoms with Gasteiger partial charge in [-0.15, -0.1) is 0 Å². The zero-order valence-electron chi connectivity index (χ0n) is 27.8. The molecule has 1 saturated heterocycles. The number of anilines is 1. The second kappa shape index (κ2) is 14.3. The van der Waals surface area contributed by atoms with Crippen LogP contribution in [0.3, 0.4) is 0 Å². The van der Waals surface area contributed by atoms with Gasteiger partial charge in [0, 0.05) is 74.1 Å². The van der Waals surface area contributed by atoms with Crippen molar-refractivity contribution < 1.29 is 28.4 Å². The van der Waals surface area contributed by atoms with Crippen LogP contribution in [0.1, 0.15) is 31.9 Å². The van der Waals surface area contributed by atoms with Gasteiger partial charge in [-0.1, -0.05) is 0 Å². The maximum Gasteiger partial charge on any atom is 0.410 e. The number of amides is 1. The van der Waals surface area contributed by atoms with Gasteiger partial charge < -0.3 is 29.3 Å². The largest absolute Gasteiger partial charge is 0.444 e. The summed E-state index contributed by atoms with van der Waals surface area (Å²) in [4.78, 5) is 43.6. The molecule has 0 saturated carbocycles. The number of nitrogens with zero attached hydrogens (tertiary/aromatic N) is 7. The fourth-order valence-electron chi connectivity index (χ4n) is 5.39. The average molecular weight is 681 g/mol. The molecule has 0 unspecified atom stereocenters. The summed E-state index contributed by atoms with van der Waals surface area (Å²) in [7, 11) is 0. The predicted molar refractivity (Wildman–Crippen MR) is 185 cm³/mol. The van der Waals surface area contributed by atoms with E-state index < -0.39 is 10.5 Å². The van der Waals surface area contributed by atoms with Crippen LogP contribution in [0.25, 0.3) is 45.4 Å². The fourth-order valence-corrected chi connectivity index (χ4v) is 5.39. The summed E-state index contributed by atoms with van der Waals surface area (Å²) in [5.41, 5.74) is 11.1. The molecule has 0 spiro atoms. The van der Waals surface area contributed by atoms with E-state index in [1.807, 2.05) is 51.1 Å². The fraction of sp³-hybridized carbons (Fsp3) is 0.286. The lowest BCUT2D eigenvalue weighted by Crippen LogP contribution is -2.49. The monoisotopic (exact) mass is 680 g/mol. The Morgan fingerprint density at radius 3 is 2.02 bits per heavy atom. The molecular formula is C35H36N8O7. The maximum absolute atomic E-state index is 12.2. The lowest BCUT2D eigenvalue weighted by molar-refractivity contribution is -0.384. The van der Waals surface area contributed by atoms with Crippen LogP contribution < -0.4 is 5.73 Å². The third kappa shape index (κ3) is 8.19. The predicted octanol–water partition coefficient (Wildman–Crippen LogP) is 5.82. The number of aliphatic hydroxyl groups excluding tert-OH is 1. The number of aliphatic hydroxyl groups is 1. The number of rotatable bonds is 6. The normalized spacial score (nSPS) is 13.6. The molecule has 258 valence electrons. The van der Waals surface area contributed by atoms with E-state index in [1.54, 1.807) is 35.5 Å². The van der Waals surface area contributed by atoms with Crippen LogP contribution >= 0.6 is 0 Å². The highest BCUT2D eigenvalue weighted by molar-refractivity contribution is 5.74. The van der Waals surface area contributed by atoms with Crippen molar-refractivity contribution in [1.29, 1.82) is 0 Å². The zero-order valence-corrected chi connectivity index (χ0v) is 27.8. The number of nitro groups is 1. The lowest BCUT2D eigenvalue weighted by Gasteiger charge is -2.35. The molecule has 2 aromatic carbocycles. The quantitative estimate of drug-likeness (QED) is 0.121. The van der Waals surface area contributed by atoms with E-state index in [-0.39, 0.29) is 24.3 Å². The van der Waals surface area contributed by atoms with Crippen LogP contribution in [0.5, 0.6) is 0 Å². The van der Waals surface area contributed by atoms with Crippen molar-refractivity contribution in [2.75, 3.05) is 31.9 Å². The molecule has 6 aromatic rings. The number of nitrogen functional groups attached to an aromatic ring is 1. The van der Waals surface area contributed by atoms with Crippen LogP contribution in [0.4, 0.5) is 16.2 Å². The Morgan fingerprint density at radius 2 is 1.48 bits per heavy atom. The van der Waals surface area contributed by atoms with E-state index in [1.165, 1.54) is 12.1 Å². The van der Waals surface area contributed by atoms with Crippen LogP contribution in [0.15, 0.2) is 81.9 Å². The van der Waals surface area contributed by atoms with Crippen LogP contribution in [0, 0.1) is 10.1 Å². The van der Waals surface area contributed by atoms with Gasteiger partial charge in [0.15, 0.2) is 22.5 Å². The van der Waals surface area contributed by atoms with E-state index in [4.69, 9.17) is 24.4 Å². The number of non-ortho nitro benzene ring substituents is 1. The van der Waals surface area contributed by atoms with Gasteiger partial charge in [0.25, 0.3) is 5.69 Å². The maximum atomic E-state index is 12.2. The second-order valence-corrected chi connectivity index (χ2v) is 12.7. The standard InChI is InChI=1S/C22H27N5O3.C13H9N3O4/c1-22(2,3)30-21(28)27-9-7-26(8-10-27)14-15-11-16(13-17(23)12-15)20-25-19-18(29-20)5-4-6-24-19;17-7-8-4-9(6-10(5-8)16(18)19)13-15-12-11(20-13)2-1-3-14-12/h4-6,11-13H,7-10,14,23H2,1-3H3;1-6,17H,7H2. The number of ether oxygens (including phenoxy) is 1. The number of benzene rings is 2. The highest BCUT2D eigenvalue weighted by atomic mass is 16.6. The van der Waals surface area contributed by atoms with Gasteiger partial charge in [0.05, 0.1) is 11.5 Å². The Kier molecular flexibility index (Phi) is 9.69. The van der Waals surface area contributed by atoms with E-state index in [2.05, 4.69) is 24.8 Å². The summed E-state index contributed by atoms with van der Waals surface area (Å²) >= 11 is 0. The molecule has 5 heterocycles. The first-order valence-electron chi connectivity index (χ1n) is 15.9. The first-order valence-corrected chi connectivity index (χ1v) is 15.9. The van der Waals surface area contributed by atoms with E-state index in [9.17, 15) is 14.9 Å². The number of hydrogen-bond donors (Lipinski definition) is 2. The number of carbonyl (C=O) groups excluding carboxylic acids is 1. The van der Waals surface area contributed by atoms with Crippen LogP contribution in [0.2, 0.25) is 0 Å². The minimum atomic E-state index is -0.524. The Hall–Kier alpha value is -5.93. The number of nitrogens with two attached hydrogens (primary N) is 1. The Morgan fingerprint density at radius 1 is 0.900 bits per heavy atom. The van der Waals surface area contributed by atoms with E-state index in [0.717, 1.165) is 30.8 Å². The molecule has 0 aliphatic carbocycles. The van der Waals surface area contributed by atoms with Crippen molar-refractivity contribution in [3.63, 3.8) is 0 Å².